The predicted molar refractivity (Wildman–Crippen MR) is 137 cm³/mol. The van der Waals surface area contributed by atoms with Crippen molar-refractivity contribution in [3.05, 3.63) is 100 Å². The zero-order valence-electron chi connectivity index (χ0n) is 19.3. The van der Waals surface area contributed by atoms with E-state index >= 15 is 0 Å². The number of hydrogen-bond donors (Lipinski definition) is 0. The number of allylic oxidation sites excluding steroid dienone is 1. The molecular weight excluding hydrogens is 491 g/mol. The maximum atomic E-state index is 13.6. The molecule has 0 amide bonds. The summed E-state index contributed by atoms with van der Waals surface area (Å²) in [4.78, 5) is 31.7. The minimum Gasteiger partial charge on any atom is -0.463 e. The summed E-state index contributed by atoms with van der Waals surface area (Å²) in [5, 5.41) is 0.783. The van der Waals surface area contributed by atoms with Crippen molar-refractivity contribution >= 4 is 46.6 Å². The third-order valence-electron chi connectivity index (χ3n) is 5.70. The highest BCUT2D eigenvalue weighted by molar-refractivity contribution is 7.07. The number of aromatic nitrogens is 1. The summed E-state index contributed by atoms with van der Waals surface area (Å²) < 4.78 is 7.36. The average molecular weight is 515 g/mol. The highest BCUT2D eigenvalue weighted by atomic mass is 35.5. The standard InChI is InChI=1S/C26H24Cl2N2O3S/c1-5-33-25(32)21-15(4)29-26-30(23(21)17-11-9-16(10-12-17)14(2)3)24(31)20(34-26)13-18-7-6-8-19(27)22(18)28/h6-14,23H,5H2,1-4H3/b20-13+/t23-/m0/s1. The van der Waals surface area contributed by atoms with E-state index in [1.165, 1.54) is 16.9 Å². The van der Waals surface area contributed by atoms with E-state index in [0.29, 0.717) is 42.1 Å². The highest BCUT2D eigenvalue weighted by Gasteiger charge is 2.33. The van der Waals surface area contributed by atoms with E-state index in [-0.39, 0.29) is 12.2 Å². The van der Waals surface area contributed by atoms with Crippen molar-refractivity contribution in [2.75, 3.05) is 6.61 Å². The van der Waals surface area contributed by atoms with Gasteiger partial charge >= 0.3 is 5.97 Å². The van der Waals surface area contributed by atoms with Crippen molar-refractivity contribution in [2.24, 2.45) is 4.99 Å². The van der Waals surface area contributed by atoms with Crippen molar-refractivity contribution in [3.63, 3.8) is 0 Å². The van der Waals surface area contributed by atoms with Gasteiger partial charge in [0, 0.05) is 0 Å². The topological polar surface area (TPSA) is 60.7 Å². The van der Waals surface area contributed by atoms with Crippen molar-refractivity contribution < 1.29 is 9.53 Å². The first kappa shape index (κ1) is 24.5. The second-order valence-corrected chi connectivity index (χ2v) is 10.1. The Hall–Kier alpha value is -2.67. The van der Waals surface area contributed by atoms with Crippen LogP contribution in [0.15, 0.2) is 63.5 Å². The van der Waals surface area contributed by atoms with Crippen LogP contribution in [0, 0.1) is 0 Å². The quantitative estimate of drug-likeness (QED) is 0.438. The van der Waals surface area contributed by atoms with Crippen LogP contribution in [0.2, 0.25) is 10.0 Å². The van der Waals surface area contributed by atoms with Gasteiger partial charge in [-0.05, 0) is 48.6 Å². The van der Waals surface area contributed by atoms with Gasteiger partial charge in [0.1, 0.15) is 0 Å². The molecule has 4 rings (SSSR count). The third kappa shape index (κ3) is 4.50. The molecule has 0 N–H and O–H groups in total. The molecule has 0 saturated heterocycles. The predicted octanol–water partition coefficient (Wildman–Crippen LogP) is 5.23. The molecule has 0 aliphatic carbocycles. The van der Waals surface area contributed by atoms with Crippen LogP contribution in [0.25, 0.3) is 6.08 Å². The zero-order valence-corrected chi connectivity index (χ0v) is 21.6. The Kier molecular flexibility index (Phi) is 7.12. The van der Waals surface area contributed by atoms with Gasteiger partial charge in [0.15, 0.2) is 4.80 Å². The first-order valence-electron chi connectivity index (χ1n) is 11.0. The van der Waals surface area contributed by atoms with Crippen LogP contribution in [0.5, 0.6) is 0 Å². The molecule has 176 valence electrons. The largest absolute Gasteiger partial charge is 0.463 e. The Labute approximate surface area is 211 Å². The molecule has 5 nitrogen and oxygen atoms in total. The number of halogens is 2. The minimum absolute atomic E-state index is 0.228. The molecule has 1 aliphatic rings. The van der Waals surface area contributed by atoms with Gasteiger partial charge in [-0.3, -0.25) is 9.36 Å². The van der Waals surface area contributed by atoms with Crippen LogP contribution in [0.1, 0.15) is 56.3 Å². The average Bonchev–Trinajstić information content (AvgIpc) is 3.10. The van der Waals surface area contributed by atoms with Crippen LogP contribution in [0.4, 0.5) is 0 Å². The zero-order chi connectivity index (χ0) is 24.6. The molecule has 1 aromatic heterocycles. The molecule has 0 saturated carbocycles. The molecule has 0 spiro atoms. The van der Waals surface area contributed by atoms with Gasteiger partial charge in [0.2, 0.25) is 0 Å². The van der Waals surface area contributed by atoms with Gasteiger partial charge in [0.25, 0.3) is 5.56 Å². The second-order valence-electron chi connectivity index (χ2n) is 8.27. The summed E-state index contributed by atoms with van der Waals surface area (Å²) in [6.45, 7) is 7.99. The molecule has 1 aliphatic heterocycles. The summed E-state index contributed by atoms with van der Waals surface area (Å²) in [6, 6.07) is 12.6. The van der Waals surface area contributed by atoms with Crippen LogP contribution < -0.4 is 14.9 Å². The Morgan fingerprint density at radius 3 is 2.56 bits per heavy atom. The molecule has 0 unspecified atom stereocenters. The number of fused-ring (bicyclic) bond motifs is 1. The fraction of sp³-hybridized carbons (Fsp3) is 0.269. The number of hydrogen-bond acceptors (Lipinski definition) is 5. The normalized spacial score (nSPS) is 16.0. The minimum atomic E-state index is -0.645. The fourth-order valence-electron chi connectivity index (χ4n) is 3.94. The molecule has 2 heterocycles. The maximum Gasteiger partial charge on any atom is 0.338 e. The SMILES string of the molecule is CCOC(=O)C1=C(C)N=c2s/c(=C/c3cccc(Cl)c3Cl)c(=O)n2[C@H]1c1ccc(C(C)C)cc1. The number of esters is 1. The van der Waals surface area contributed by atoms with Crippen LogP contribution in [-0.4, -0.2) is 17.1 Å². The molecule has 3 aromatic rings. The monoisotopic (exact) mass is 514 g/mol. The van der Waals surface area contributed by atoms with E-state index < -0.39 is 12.0 Å². The number of thiazole rings is 1. The van der Waals surface area contributed by atoms with Crippen molar-refractivity contribution in [1.29, 1.82) is 0 Å². The molecule has 0 fully saturated rings. The lowest BCUT2D eigenvalue weighted by atomic mass is 9.93. The van der Waals surface area contributed by atoms with E-state index in [4.69, 9.17) is 27.9 Å². The van der Waals surface area contributed by atoms with Crippen molar-refractivity contribution in [2.45, 2.75) is 39.7 Å². The van der Waals surface area contributed by atoms with Crippen molar-refractivity contribution in [1.82, 2.24) is 4.57 Å². The number of nitrogens with zero attached hydrogens (tertiary/aromatic N) is 2. The van der Waals surface area contributed by atoms with E-state index in [0.717, 1.165) is 5.56 Å². The fourth-order valence-corrected chi connectivity index (χ4v) is 5.34. The lowest BCUT2D eigenvalue weighted by Gasteiger charge is -2.25. The lowest BCUT2D eigenvalue weighted by molar-refractivity contribution is -0.139. The van der Waals surface area contributed by atoms with Crippen LogP contribution in [-0.2, 0) is 9.53 Å². The van der Waals surface area contributed by atoms with Crippen molar-refractivity contribution in [3.8, 4) is 0 Å². The Morgan fingerprint density at radius 2 is 1.91 bits per heavy atom. The maximum absolute atomic E-state index is 13.6. The van der Waals surface area contributed by atoms with E-state index in [1.54, 1.807) is 42.7 Å². The van der Waals surface area contributed by atoms with E-state index in [9.17, 15) is 9.59 Å². The second kappa shape index (κ2) is 9.90. The first-order valence-corrected chi connectivity index (χ1v) is 12.5. The molecule has 0 radical (unpaired) electrons. The molecule has 8 heteroatoms. The first-order chi connectivity index (χ1) is 16.2. The molecule has 2 aromatic carbocycles. The van der Waals surface area contributed by atoms with E-state index in [1.807, 2.05) is 24.3 Å². The summed E-state index contributed by atoms with van der Waals surface area (Å²) in [7, 11) is 0. The van der Waals surface area contributed by atoms with Gasteiger partial charge in [0.05, 0.1) is 38.5 Å². The third-order valence-corrected chi connectivity index (χ3v) is 7.52. The van der Waals surface area contributed by atoms with Gasteiger partial charge in [-0.2, -0.15) is 0 Å². The Balaban J connectivity index is 1.95. The number of benzene rings is 2. The smallest absolute Gasteiger partial charge is 0.338 e. The van der Waals surface area contributed by atoms with Gasteiger partial charge in [-0.1, -0.05) is 84.8 Å². The number of carbonyl (C=O) groups excluding carboxylic acids is 1. The number of rotatable bonds is 5. The molecule has 1 atom stereocenters. The summed E-state index contributed by atoms with van der Waals surface area (Å²) in [6.07, 6.45) is 1.71. The Morgan fingerprint density at radius 1 is 1.21 bits per heavy atom. The highest BCUT2D eigenvalue weighted by Crippen LogP contribution is 2.32. The van der Waals surface area contributed by atoms with Gasteiger partial charge in [-0.25, -0.2) is 9.79 Å². The summed E-state index contributed by atoms with van der Waals surface area (Å²) in [5.41, 5.74) is 3.26. The molecule has 34 heavy (non-hydrogen) atoms. The van der Waals surface area contributed by atoms with Gasteiger partial charge in [-0.15, -0.1) is 0 Å². The van der Waals surface area contributed by atoms with E-state index in [2.05, 4.69) is 18.8 Å². The Bertz CT molecular complexity index is 1470. The summed E-state index contributed by atoms with van der Waals surface area (Å²) in [5.74, 6) is -0.117. The van der Waals surface area contributed by atoms with Crippen LogP contribution in [0.3, 0.4) is 0 Å². The van der Waals surface area contributed by atoms with Crippen LogP contribution >= 0.6 is 34.5 Å². The summed E-state index contributed by atoms with van der Waals surface area (Å²) >= 11 is 13.8. The number of carbonyl (C=O) groups is 1. The molecule has 0 bridgehead atoms. The molecular formula is C26H24Cl2N2O3S. The lowest BCUT2D eigenvalue weighted by Crippen LogP contribution is -2.39. The van der Waals surface area contributed by atoms with Gasteiger partial charge < -0.3 is 4.74 Å². The number of ether oxygens (including phenoxy) is 1.